The van der Waals surface area contributed by atoms with E-state index in [1.807, 2.05) is 42.2 Å². The van der Waals surface area contributed by atoms with Gasteiger partial charge in [0.1, 0.15) is 5.75 Å². The summed E-state index contributed by atoms with van der Waals surface area (Å²) in [5.74, 6) is 1.52. The summed E-state index contributed by atoms with van der Waals surface area (Å²) in [7, 11) is 0. The largest absolute Gasteiger partial charge is 0.493 e. The van der Waals surface area contributed by atoms with Crippen LogP contribution in [-0.2, 0) is 4.79 Å². The molecule has 0 aliphatic carbocycles. The molecule has 1 amide bonds. The highest BCUT2D eigenvalue weighted by Gasteiger charge is 2.33. The van der Waals surface area contributed by atoms with Gasteiger partial charge in [-0.15, -0.1) is 12.4 Å². The summed E-state index contributed by atoms with van der Waals surface area (Å²) in [6.07, 6.45) is 3.64. The number of carbonyl (C=O) groups is 1. The fourth-order valence-corrected chi connectivity index (χ4v) is 3.02. The molecule has 0 spiro atoms. The Morgan fingerprint density at radius 2 is 1.91 bits per heavy atom. The average Bonchev–Trinajstić information content (AvgIpc) is 2.54. The van der Waals surface area contributed by atoms with E-state index < -0.39 is 5.54 Å². The van der Waals surface area contributed by atoms with Crippen LogP contribution >= 0.6 is 12.4 Å². The first-order valence-electron chi connectivity index (χ1n) is 8.29. The van der Waals surface area contributed by atoms with Gasteiger partial charge in [-0.1, -0.05) is 31.5 Å². The molecule has 0 radical (unpaired) electrons. The molecule has 0 bridgehead atoms. The number of amides is 1. The Bertz CT molecular complexity index is 471. The molecule has 130 valence electrons. The van der Waals surface area contributed by atoms with Gasteiger partial charge in [-0.3, -0.25) is 4.79 Å². The average molecular weight is 341 g/mol. The number of piperidine rings is 1. The molecule has 1 heterocycles. The topological polar surface area (TPSA) is 55.6 Å². The number of hydrogen-bond donors (Lipinski definition) is 1. The van der Waals surface area contributed by atoms with Crippen LogP contribution in [0.4, 0.5) is 0 Å². The van der Waals surface area contributed by atoms with Crippen molar-refractivity contribution >= 4 is 18.3 Å². The minimum absolute atomic E-state index is 0. The van der Waals surface area contributed by atoms with Gasteiger partial charge in [0.05, 0.1) is 12.1 Å². The van der Waals surface area contributed by atoms with Crippen LogP contribution in [0.15, 0.2) is 30.3 Å². The highest BCUT2D eigenvalue weighted by Crippen LogP contribution is 2.22. The van der Waals surface area contributed by atoms with Crippen LogP contribution in [0.1, 0.15) is 39.5 Å². The van der Waals surface area contributed by atoms with E-state index in [4.69, 9.17) is 10.5 Å². The maximum atomic E-state index is 12.5. The van der Waals surface area contributed by atoms with Crippen LogP contribution in [0.5, 0.6) is 5.75 Å². The normalized spacial score (nSPS) is 18.0. The van der Waals surface area contributed by atoms with Crippen molar-refractivity contribution in [3.63, 3.8) is 0 Å². The van der Waals surface area contributed by atoms with Crippen molar-refractivity contribution in [1.82, 2.24) is 4.90 Å². The van der Waals surface area contributed by atoms with E-state index >= 15 is 0 Å². The molecule has 2 rings (SSSR count). The second kappa shape index (κ2) is 9.14. The first kappa shape index (κ1) is 19.8. The minimum Gasteiger partial charge on any atom is -0.493 e. The van der Waals surface area contributed by atoms with Crippen LogP contribution in [-0.4, -0.2) is 36.0 Å². The van der Waals surface area contributed by atoms with Gasteiger partial charge in [-0.25, -0.2) is 0 Å². The van der Waals surface area contributed by atoms with Gasteiger partial charge in [0.25, 0.3) is 0 Å². The first-order valence-corrected chi connectivity index (χ1v) is 8.29. The number of para-hydroxylation sites is 1. The molecule has 1 aliphatic heterocycles. The Labute approximate surface area is 145 Å². The molecule has 1 atom stereocenters. The molecule has 1 aromatic rings. The van der Waals surface area contributed by atoms with Gasteiger partial charge >= 0.3 is 0 Å². The van der Waals surface area contributed by atoms with E-state index in [0.717, 1.165) is 51.1 Å². The lowest BCUT2D eigenvalue weighted by Crippen LogP contribution is -2.55. The lowest BCUT2D eigenvalue weighted by Gasteiger charge is -2.36. The molecule has 0 aromatic heterocycles. The summed E-state index contributed by atoms with van der Waals surface area (Å²) in [6.45, 7) is 6.21. The van der Waals surface area contributed by atoms with Gasteiger partial charge in [0, 0.05) is 13.1 Å². The van der Waals surface area contributed by atoms with Gasteiger partial charge in [0.2, 0.25) is 5.91 Å². The number of halogens is 1. The van der Waals surface area contributed by atoms with Crippen molar-refractivity contribution < 1.29 is 9.53 Å². The zero-order valence-electron chi connectivity index (χ0n) is 14.2. The second-order valence-electron chi connectivity index (χ2n) is 6.53. The number of rotatable bonds is 6. The van der Waals surface area contributed by atoms with Gasteiger partial charge < -0.3 is 15.4 Å². The number of likely N-dealkylation sites (tertiary alicyclic amines) is 1. The molecular formula is C18H29ClN2O2. The van der Waals surface area contributed by atoms with Crippen LogP contribution < -0.4 is 10.5 Å². The third-order valence-corrected chi connectivity index (χ3v) is 4.39. The third kappa shape index (κ3) is 5.70. The van der Waals surface area contributed by atoms with Crippen molar-refractivity contribution in [3.05, 3.63) is 30.3 Å². The van der Waals surface area contributed by atoms with E-state index in [-0.39, 0.29) is 18.3 Å². The lowest BCUT2D eigenvalue weighted by atomic mass is 9.92. The molecule has 2 N–H and O–H groups in total. The number of benzene rings is 1. The van der Waals surface area contributed by atoms with Gasteiger partial charge in [-0.05, 0) is 44.2 Å². The van der Waals surface area contributed by atoms with Crippen molar-refractivity contribution in [2.75, 3.05) is 19.7 Å². The highest BCUT2D eigenvalue weighted by molar-refractivity contribution is 5.86. The fraction of sp³-hybridized carbons (Fsp3) is 0.611. The zero-order valence-corrected chi connectivity index (χ0v) is 15.0. The number of hydrogen-bond acceptors (Lipinski definition) is 3. The molecule has 0 saturated carbocycles. The van der Waals surface area contributed by atoms with Crippen molar-refractivity contribution in [2.45, 2.75) is 45.1 Å². The molecule has 1 aromatic carbocycles. The van der Waals surface area contributed by atoms with Crippen molar-refractivity contribution in [3.8, 4) is 5.75 Å². The third-order valence-electron chi connectivity index (χ3n) is 4.39. The molecule has 4 nitrogen and oxygen atoms in total. The van der Waals surface area contributed by atoms with Gasteiger partial charge in [-0.2, -0.15) is 0 Å². The predicted octanol–water partition coefficient (Wildman–Crippen LogP) is 3.24. The van der Waals surface area contributed by atoms with Crippen LogP contribution in [0.25, 0.3) is 0 Å². The molecule has 1 fully saturated rings. The number of nitrogens with zero attached hydrogens (tertiary/aromatic N) is 1. The molecule has 1 aliphatic rings. The molecule has 1 saturated heterocycles. The van der Waals surface area contributed by atoms with E-state index in [2.05, 4.69) is 6.92 Å². The zero-order chi connectivity index (χ0) is 16.0. The first-order chi connectivity index (χ1) is 10.5. The Morgan fingerprint density at radius 3 is 2.48 bits per heavy atom. The monoisotopic (exact) mass is 340 g/mol. The smallest absolute Gasteiger partial charge is 0.242 e. The van der Waals surface area contributed by atoms with Crippen molar-refractivity contribution in [1.29, 1.82) is 0 Å². The van der Waals surface area contributed by atoms with E-state index in [0.29, 0.717) is 5.92 Å². The summed E-state index contributed by atoms with van der Waals surface area (Å²) in [5, 5.41) is 0. The molecular weight excluding hydrogens is 312 g/mol. The Balaban J connectivity index is 0.00000264. The lowest BCUT2D eigenvalue weighted by molar-refractivity contribution is -0.138. The SMILES string of the molecule is CCCC(C)(N)C(=O)N1CCC(COc2ccccc2)CC1.Cl. The number of carbonyl (C=O) groups excluding carboxylic acids is 1. The van der Waals surface area contributed by atoms with E-state index in [1.165, 1.54) is 0 Å². The summed E-state index contributed by atoms with van der Waals surface area (Å²) < 4.78 is 5.82. The van der Waals surface area contributed by atoms with Crippen LogP contribution in [0.2, 0.25) is 0 Å². The summed E-state index contributed by atoms with van der Waals surface area (Å²) in [6, 6.07) is 9.89. The van der Waals surface area contributed by atoms with E-state index in [9.17, 15) is 4.79 Å². The quantitative estimate of drug-likeness (QED) is 0.864. The van der Waals surface area contributed by atoms with Gasteiger partial charge in [0.15, 0.2) is 0 Å². The maximum Gasteiger partial charge on any atom is 0.242 e. The molecule has 1 unspecified atom stereocenters. The highest BCUT2D eigenvalue weighted by atomic mass is 35.5. The predicted molar refractivity (Wildman–Crippen MR) is 96.0 cm³/mol. The van der Waals surface area contributed by atoms with E-state index in [1.54, 1.807) is 0 Å². The van der Waals surface area contributed by atoms with Crippen LogP contribution in [0.3, 0.4) is 0 Å². The fourth-order valence-electron chi connectivity index (χ4n) is 3.02. The Morgan fingerprint density at radius 1 is 1.30 bits per heavy atom. The number of nitrogens with two attached hydrogens (primary N) is 1. The van der Waals surface area contributed by atoms with Crippen LogP contribution in [0, 0.1) is 5.92 Å². The van der Waals surface area contributed by atoms with Crippen molar-refractivity contribution in [2.24, 2.45) is 11.7 Å². The Hall–Kier alpha value is -1.26. The maximum absolute atomic E-state index is 12.5. The minimum atomic E-state index is -0.720. The molecule has 23 heavy (non-hydrogen) atoms. The second-order valence-corrected chi connectivity index (χ2v) is 6.53. The summed E-state index contributed by atoms with van der Waals surface area (Å²) in [4.78, 5) is 14.4. The summed E-state index contributed by atoms with van der Waals surface area (Å²) >= 11 is 0. The standard InChI is InChI=1S/C18H28N2O2.ClH/c1-3-11-18(2,19)17(21)20-12-9-15(10-13-20)14-22-16-7-5-4-6-8-16;/h4-8,15H,3,9-14,19H2,1-2H3;1H. The summed E-state index contributed by atoms with van der Waals surface area (Å²) in [5.41, 5.74) is 5.43. The Kier molecular flexibility index (Phi) is 7.86. The number of ether oxygens (including phenoxy) is 1. The molecule has 5 heteroatoms.